The van der Waals surface area contributed by atoms with Crippen molar-refractivity contribution < 1.29 is 19.1 Å². The van der Waals surface area contributed by atoms with E-state index in [1.165, 1.54) is 11.3 Å². The van der Waals surface area contributed by atoms with Crippen molar-refractivity contribution in [2.75, 3.05) is 13.2 Å². The minimum Gasteiger partial charge on any atom is -0.451 e. The van der Waals surface area contributed by atoms with Crippen molar-refractivity contribution in [1.29, 1.82) is 0 Å². The maximum Gasteiger partial charge on any atom is 0.349 e. The van der Waals surface area contributed by atoms with Gasteiger partial charge >= 0.3 is 12.0 Å². The van der Waals surface area contributed by atoms with E-state index in [1.54, 1.807) is 5.38 Å². The highest BCUT2D eigenvalue weighted by Gasteiger charge is 2.18. The Balaban J connectivity index is 1.89. The highest BCUT2D eigenvalue weighted by atomic mass is 32.1. The van der Waals surface area contributed by atoms with E-state index >= 15 is 0 Å². The van der Waals surface area contributed by atoms with E-state index in [-0.39, 0.29) is 0 Å². The molecule has 1 heterocycles. The summed E-state index contributed by atoms with van der Waals surface area (Å²) in [6.45, 7) is 3.97. The third-order valence-corrected chi connectivity index (χ3v) is 4.51. The van der Waals surface area contributed by atoms with Gasteiger partial charge in [-0.2, -0.15) is 0 Å². The van der Waals surface area contributed by atoms with Gasteiger partial charge in [-0.05, 0) is 30.4 Å². The second-order valence-electron chi connectivity index (χ2n) is 5.76. The molecule has 1 aromatic heterocycles. The smallest absolute Gasteiger partial charge is 0.349 e. The summed E-state index contributed by atoms with van der Waals surface area (Å²) in [5.41, 5.74) is 2.79. The lowest BCUT2D eigenvalue weighted by Crippen LogP contribution is -2.41. The lowest BCUT2D eigenvalue weighted by atomic mass is 10.1. The van der Waals surface area contributed by atoms with E-state index < -0.39 is 24.5 Å². The zero-order valence-electron chi connectivity index (χ0n) is 14.8. The minimum atomic E-state index is -0.666. The molecule has 0 spiro atoms. The van der Waals surface area contributed by atoms with Gasteiger partial charge in [0.1, 0.15) is 4.88 Å². The second kappa shape index (κ2) is 9.72. The van der Waals surface area contributed by atoms with Gasteiger partial charge < -0.3 is 10.1 Å². The zero-order chi connectivity index (χ0) is 18.9. The van der Waals surface area contributed by atoms with Crippen molar-refractivity contribution in [3.05, 3.63) is 46.2 Å². The molecule has 0 saturated carbocycles. The quantitative estimate of drug-likeness (QED) is 0.574. The lowest BCUT2D eigenvalue weighted by Gasteiger charge is -2.08. The van der Waals surface area contributed by atoms with Gasteiger partial charge in [-0.25, -0.2) is 9.59 Å². The van der Waals surface area contributed by atoms with Crippen LogP contribution in [0.3, 0.4) is 0 Å². The second-order valence-corrected chi connectivity index (χ2v) is 6.68. The standard InChI is InChI=1S/C19H22N2O4S/c1-3-4-10-20-19(24)21-16(22)12-25-18(23)17-15(9-11-26-17)14-7-5-13(2)6-8-14/h5-9,11H,3-4,10,12H2,1-2H3,(H2,20,21,22,24). The molecule has 2 N–H and O–H groups in total. The molecule has 1 aromatic carbocycles. The van der Waals surface area contributed by atoms with E-state index in [1.807, 2.05) is 44.2 Å². The van der Waals surface area contributed by atoms with Crippen LogP contribution in [-0.2, 0) is 9.53 Å². The van der Waals surface area contributed by atoms with E-state index in [9.17, 15) is 14.4 Å². The van der Waals surface area contributed by atoms with Crippen LogP contribution in [0, 0.1) is 6.92 Å². The van der Waals surface area contributed by atoms with Crippen LogP contribution in [0.2, 0.25) is 0 Å². The minimum absolute atomic E-state index is 0.425. The molecule has 3 amide bonds. The van der Waals surface area contributed by atoms with Crippen LogP contribution in [0.15, 0.2) is 35.7 Å². The molecule has 0 bridgehead atoms. The van der Waals surface area contributed by atoms with Crippen LogP contribution in [-0.4, -0.2) is 31.1 Å². The third-order valence-electron chi connectivity index (χ3n) is 3.62. The van der Waals surface area contributed by atoms with Gasteiger partial charge in [0.05, 0.1) is 0 Å². The summed E-state index contributed by atoms with van der Waals surface area (Å²) in [6, 6.07) is 9.05. The van der Waals surface area contributed by atoms with E-state index in [4.69, 9.17) is 4.74 Å². The Labute approximate surface area is 156 Å². The number of benzene rings is 1. The lowest BCUT2D eigenvalue weighted by molar-refractivity contribution is -0.123. The maximum absolute atomic E-state index is 12.3. The summed E-state index contributed by atoms with van der Waals surface area (Å²) in [5, 5.41) is 6.48. The molecule has 0 saturated heterocycles. The topological polar surface area (TPSA) is 84.5 Å². The number of hydrogen-bond donors (Lipinski definition) is 2. The molecule has 2 rings (SSSR count). The van der Waals surface area contributed by atoms with Crippen LogP contribution >= 0.6 is 11.3 Å². The monoisotopic (exact) mass is 374 g/mol. The van der Waals surface area contributed by atoms with E-state index in [0.29, 0.717) is 11.4 Å². The molecule has 0 aliphatic heterocycles. The van der Waals surface area contributed by atoms with Crippen molar-refractivity contribution in [3.8, 4) is 11.1 Å². The average molecular weight is 374 g/mol. The molecule has 0 fully saturated rings. The normalized spacial score (nSPS) is 10.2. The molecule has 0 unspecified atom stereocenters. The SMILES string of the molecule is CCCCNC(=O)NC(=O)COC(=O)c1sccc1-c1ccc(C)cc1. The number of imide groups is 1. The predicted octanol–water partition coefficient (Wildman–Crippen LogP) is 3.51. The number of aryl methyl sites for hydroxylation is 1. The first-order chi connectivity index (χ1) is 12.5. The fraction of sp³-hybridized carbons (Fsp3) is 0.316. The van der Waals surface area contributed by atoms with Gasteiger partial charge in [-0.3, -0.25) is 10.1 Å². The van der Waals surface area contributed by atoms with Crippen LogP contribution < -0.4 is 10.6 Å². The highest BCUT2D eigenvalue weighted by Crippen LogP contribution is 2.29. The largest absolute Gasteiger partial charge is 0.451 e. The van der Waals surface area contributed by atoms with Crippen LogP contribution in [0.5, 0.6) is 0 Å². The molecule has 0 radical (unpaired) electrons. The molecule has 0 aliphatic rings. The van der Waals surface area contributed by atoms with E-state index in [0.717, 1.165) is 29.5 Å². The number of unbranched alkanes of at least 4 members (excludes halogenated alkanes) is 1. The van der Waals surface area contributed by atoms with Gasteiger partial charge in [0.2, 0.25) is 0 Å². The molecule has 26 heavy (non-hydrogen) atoms. The van der Waals surface area contributed by atoms with Gasteiger partial charge in [0, 0.05) is 12.1 Å². The number of ether oxygens (including phenoxy) is 1. The summed E-state index contributed by atoms with van der Waals surface area (Å²) in [7, 11) is 0. The Morgan fingerprint density at radius 3 is 2.54 bits per heavy atom. The highest BCUT2D eigenvalue weighted by molar-refractivity contribution is 7.12. The van der Waals surface area contributed by atoms with Gasteiger partial charge in [-0.1, -0.05) is 43.2 Å². The number of carbonyl (C=O) groups is 3. The van der Waals surface area contributed by atoms with E-state index in [2.05, 4.69) is 10.6 Å². The fourth-order valence-corrected chi connectivity index (χ4v) is 3.02. The van der Waals surface area contributed by atoms with Gasteiger partial charge in [-0.15, -0.1) is 11.3 Å². The number of urea groups is 1. The molecular formula is C19H22N2O4S. The molecule has 0 atom stereocenters. The molecule has 6 nitrogen and oxygen atoms in total. The molecule has 2 aromatic rings. The predicted molar refractivity (Wildman–Crippen MR) is 101 cm³/mol. The number of thiophene rings is 1. The summed E-state index contributed by atoms with van der Waals surface area (Å²) >= 11 is 1.25. The van der Waals surface area contributed by atoms with Crippen LogP contribution in [0.4, 0.5) is 4.79 Å². The van der Waals surface area contributed by atoms with Crippen molar-refractivity contribution in [2.45, 2.75) is 26.7 Å². The average Bonchev–Trinajstić information content (AvgIpc) is 3.10. The number of amides is 3. The molecule has 0 aliphatic carbocycles. The first-order valence-electron chi connectivity index (χ1n) is 8.40. The number of rotatable bonds is 7. The molecule has 7 heteroatoms. The Kier molecular flexibility index (Phi) is 7.35. The summed E-state index contributed by atoms with van der Waals surface area (Å²) in [4.78, 5) is 35.9. The van der Waals surface area contributed by atoms with Gasteiger partial charge in [0.15, 0.2) is 6.61 Å². The van der Waals surface area contributed by atoms with Crippen molar-refractivity contribution >= 4 is 29.2 Å². The number of esters is 1. The van der Waals surface area contributed by atoms with Crippen LogP contribution in [0.1, 0.15) is 35.0 Å². The number of hydrogen-bond acceptors (Lipinski definition) is 5. The Morgan fingerprint density at radius 2 is 1.85 bits per heavy atom. The fourth-order valence-electron chi connectivity index (χ4n) is 2.21. The first-order valence-corrected chi connectivity index (χ1v) is 9.28. The maximum atomic E-state index is 12.3. The first kappa shape index (κ1) is 19.7. The van der Waals surface area contributed by atoms with Crippen molar-refractivity contribution in [1.82, 2.24) is 10.6 Å². The summed E-state index contributed by atoms with van der Waals surface area (Å²) < 4.78 is 5.04. The van der Waals surface area contributed by atoms with Crippen molar-refractivity contribution in [3.63, 3.8) is 0 Å². The summed E-state index contributed by atoms with van der Waals surface area (Å²) in [6.07, 6.45) is 1.77. The number of nitrogens with one attached hydrogen (secondary N) is 2. The Morgan fingerprint density at radius 1 is 1.12 bits per heavy atom. The Bertz CT molecular complexity index is 768. The number of carbonyl (C=O) groups excluding carboxylic acids is 3. The van der Waals surface area contributed by atoms with Gasteiger partial charge in [0.25, 0.3) is 5.91 Å². The zero-order valence-corrected chi connectivity index (χ0v) is 15.7. The Hall–Kier alpha value is -2.67. The third kappa shape index (κ3) is 5.70. The van der Waals surface area contributed by atoms with Crippen molar-refractivity contribution in [2.24, 2.45) is 0 Å². The molecular weight excluding hydrogens is 352 g/mol. The van der Waals surface area contributed by atoms with Crippen LogP contribution in [0.25, 0.3) is 11.1 Å². The molecule has 138 valence electrons. The summed E-state index contributed by atoms with van der Waals surface area (Å²) in [5.74, 6) is -1.25.